The zero-order chi connectivity index (χ0) is 21.7. The number of hydrogen-bond acceptors (Lipinski definition) is 6. The average molecular weight is 470 g/mol. The van der Waals surface area contributed by atoms with Crippen LogP contribution in [0.1, 0.15) is 16.5 Å². The Morgan fingerprint density at radius 1 is 0.935 bits per heavy atom. The summed E-state index contributed by atoms with van der Waals surface area (Å²) in [5.41, 5.74) is 0.921. The Labute approximate surface area is 188 Å². The van der Waals surface area contributed by atoms with Crippen LogP contribution < -0.4 is 9.62 Å². The van der Waals surface area contributed by atoms with Crippen molar-refractivity contribution in [1.29, 1.82) is 0 Å². The van der Waals surface area contributed by atoms with Crippen molar-refractivity contribution in [2.45, 2.75) is 10.9 Å². The monoisotopic (exact) mass is 469 g/mol. The first-order chi connectivity index (χ1) is 15.1. The number of benzene rings is 2. The highest BCUT2D eigenvalue weighted by molar-refractivity contribution is 7.93. The summed E-state index contributed by atoms with van der Waals surface area (Å²) in [5.74, 6) is -0.419. The van der Waals surface area contributed by atoms with Crippen LogP contribution in [0.3, 0.4) is 0 Å². The zero-order valence-corrected chi connectivity index (χ0v) is 18.7. The van der Waals surface area contributed by atoms with Gasteiger partial charge in [-0.15, -0.1) is 22.7 Å². The molecule has 1 amide bonds. The predicted octanol–water partition coefficient (Wildman–Crippen LogP) is 4.31. The molecule has 1 N–H and O–H groups in total. The van der Waals surface area contributed by atoms with Crippen molar-refractivity contribution < 1.29 is 13.2 Å². The van der Waals surface area contributed by atoms with Crippen LogP contribution >= 0.6 is 22.7 Å². The smallest absolute Gasteiger partial charge is 0.266 e. The van der Waals surface area contributed by atoms with Crippen LogP contribution in [0.25, 0.3) is 0 Å². The van der Waals surface area contributed by atoms with Gasteiger partial charge in [0.25, 0.3) is 10.0 Å². The second kappa shape index (κ2) is 9.42. The predicted molar refractivity (Wildman–Crippen MR) is 124 cm³/mol. The van der Waals surface area contributed by atoms with Gasteiger partial charge in [-0.25, -0.2) is 17.7 Å². The molecule has 0 aliphatic carbocycles. The quantitative estimate of drug-likeness (QED) is 0.417. The number of nitrogens with zero attached hydrogens (tertiary/aromatic N) is 2. The standard InChI is InChI=1S/C22H19N3O3S3/c26-20(24-21(19-12-7-14-29-19)17-8-3-1-4-9-17)16-25(22-23-13-15-30-22)31(27,28)18-10-5-2-6-11-18/h1-15,21H,16H2,(H,24,26). The molecule has 158 valence electrons. The molecule has 2 aromatic heterocycles. The van der Waals surface area contributed by atoms with E-state index >= 15 is 0 Å². The van der Waals surface area contributed by atoms with Crippen molar-refractivity contribution in [3.63, 3.8) is 0 Å². The molecule has 0 aliphatic rings. The number of aromatic nitrogens is 1. The van der Waals surface area contributed by atoms with Gasteiger partial charge >= 0.3 is 0 Å². The molecule has 2 aromatic carbocycles. The van der Waals surface area contributed by atoms with Gasteiger partial charge in [0.2, 0.25) is 5.91 Å². The molecule has 0 saturated carbocycles. The van der Waals surface area contributed by atoms with E-state index in [-0.39, 0.29) is 22.6 Å². The highest BCUT2D eigenvalue weighted by Crippen LogP contribution is 2.28. The van der Waals surface area contributed by atoms with Crippen LogP contribution in [0, 0.1) is 0 Å². The fourth-order valence-electron chi connectivity index (χ4n) is 3.07. The molecular formula is C22H19N3O3S3. The first kappa shape index (κ1) is 21.2. The summed E-state index contributed by atoms with van der Waals surface area (Å²) in [6, 6.07) is 21.1. The van der Waals surface area contributed by atoms with Crippen molar-refractivity contribution in [2.24, 2.45) is 0 Å². The van der Waals surface area contributed by atoms with Gasteiger partial charge in [-0.2, -0.15) is 0 Å². The van der Waals surface area contributed by atoms with Gasteiger partial charge in [0.1, 0.15) is 6.54 Å². The number of thiazole rings is 1. The molecule has 0 radical (unpaired) electrons. The molecule has 2 heterocycles. The van der Waals surface area contributed by atoms with Gasteiger partial charge in [0, 0.05) is 16.5 Å². The van der Waals surface area contributed by atoms with Crippen LogP contribution in [-0.4, -0.2) is 25.9 Å². The van der Waals surface area contributed by atoms with E-state index in [0.717, 1.165) is 14.7 Å². The summed E-state index contributed by atoms with van der Waals surface area (Å²) < 4.78 is 27.6. The molecule has 0 bridgehead atoms. The van der Waals surface area contributed by atoms with E-state index in [1.165, 1.54) is 41.0 Å². The third-order valence-electron chi connectivity index (χ3n) is 4.52. The van der Waals surface area contributed by atoms with E-state index in [1.54, 1.807) is 23.6 Å². The number of amides is 1. The van der Waals surface area contributed by atoms with Gasteiger partial charge in [-0.3, -0.25) is 4.79 Å². The Bertz CT molecular complexity index is 1210. The van der Waals surface area contributed by atoms with Crippen LogP contribution in [-0.2, 0) is 14.8 Å². The van der Waals surface area contributed by atoms with Crippen molar-refractivity contribution in [2.75, 3.05) is 10.8 Å². The van der Waals surface area contributed by atoms with Crippen LogP contribution in [0.2, 0.25) is 0 Å². The van der Waals surface area contributed by atoms with Gasteiger partial charge in [0.15, 0.2) is 5.13 Å². The van der Waals surface area contributed by atoms with Gasteiger partial charge in [0.05, 0.1) is 10.9 Å². The molecule has 0 aliphatic heterocycles. The van der Waals surface area contributed by atoms with Gasteiger partial charge in [-0.1, -0.05) is 54.6 Å². The number of thiophene rings is 1. The fraction of sp³-hybridized carbons (Fsp3) is 0.0909. The van der Waals surface area contributed by atoms with Gasteiger partial charge in [-0.05, 0) is 29.1 Å². The minimum Gasteiger partial charge on any atom is -0.343 e. The Morgan fingerprint density at radius 3 is 2.26 bits per heavy atom. The third kappa shape index (κ3) is 4.84. The number of hydrogen-bond donors (Lipinski definition) is 1. The molecule has 6 nitrogen and oxygen atoms in total. The molecule has 4 rings (SSSR count). The summed E-state index contributed by atoms with van der Waals surface area (Å²) in [7, 11) is -3.95. The summed E-state index contributed by atoms with van der Waals surface area (Å²) in [6.45, 7) is -0.376. The normalized spacial score (nSPS) is 12.3. The van der Waals surface area contributed by atoms with Crippen LogP contribution in [0.4, 0.5) is 5.13 Å². The molecule has 1 atom stereocenters. The van der Waals surface area contributed by atoms with E-state index in [9.17, 15) is 13.2 Å². The van der Waals surface area contributed by atoms with E-state index in [0.29, 0.717) is 0 Å². The maximum absolute atomic E-state index is 13.3. The average Bonchev–Trinajstić information content (AvgIpc) is 3.51. The number of carbonyl (C=O) groups is 1. The number of rotatable bonds is 8. The first-order valence-corrected chi connectivity index (χ1v) is 12.6. The molecule has 31 heavy (non-hydrogen) atoms. The minimum absolute atomic E-state index is 0.107. The molecule has 1 unspecified atom stereocenters. The maximum atomic E-state index is 13.3. The van der Waals surface area contributed by atoms with Crippen molar-refractivity contribution in [3.8, 4) is 0 Å². The third-order valence-corrected chi connectivity index (χ3v) is 8.11. The molecule has 4 aromatic rings. The molecule has 0 saturated heterocycles. The van der Waals surface area contributed by atoms with E-state index in [2.05, 4.69) is 10.3 Å². The summed E-state index contributed by atoms with van der Waals surface area (Å²) in [6.07, 6.45) is 1.52. The lowest BCUT2D eigenvalue weighted by atomic mass is 10.1. The minimum atomic E-state index is -3.95. The van der Waals surface area contributed by atoms with E-state index in [4.69, 9.17) is 0 Å². The SMILES string of the molecule is O=C(CN(c1nccs1)S(=O)(=O)c1ccccc1)NC(c1ccccc1)c1cccs1. The second-order valence-corrected chi connectivity index (χ2v) is 10.3. The second-order valence-electron chi connectivity index (χ2n) is 6.57. The number of carbonyl (C=O) groups excluding carboxylic acids is 1. The lowest BCUT2D eigenvalue weighted by Gasteiger charge is -2.23. The maximum Gasteiger partial charge on any atom is 0.266 e. The Kier molecular flexibility index (Phi) is 6.45. The van der Waals surface area contributed by atoms with Crippen LogP contribution in [0.5, 0.6) is 0 Å². The molecule has 0 fully saturated rings. The molecular weight excluding hydrogens is 450 g/mol. The molecule has 0 spiro atoms. The number of anilines is 1. The summed E-state index contributed by atoms with van der Waals surface area (Å²) in [4.78, 5) is 18.3. The number of sulfonamides is 1. The Hall–Kier alpha value is -3.01. The Balaban J connectivity index is 1.62. The van der Waals surface area contributed by atoms with E-state index < -0.39 is 15.9 Å². The summed E-state index contributed by atoms with van der Waals surface area (Å²) in [5, 5.41) is 6.86. The zero-order valence-electron chi connectivity index (χ0n) is 16.3. The lowest BCUT2D eigenvalue weighted by molar-refractivity contribution is -0.120. The fourth-order valence-corrected chi connectivity index (χ4v) is 6.14. The van der Waals surface area contributed by atoms with E-state index in [1.807, 2.05) is 47.8 Å². The van der Waals surface area contributed by atoms with Crippen molar-refractivity contribution in [3.05, 3.63) is 100 Å². The van der Waals surface area contributed by atoms with Crippen molar-refractivity contribution in [1.82, 2.24) is 10.3 Å². The number of nitrogens with one attached hydrogen (secondary N) is 1. The topological polar surface area (TPSA) is 79.4 Å². The van der Waals surface area contributed by atoms with Crippen molar-refractivity contribution >= 4 is 43.7 Å². The van der Waals surface area contributed by atoms with Crippen LogP contribution in [0.15, 0.2) is 94.6 Å². The Morgan fingerprint density at radius 2 is 1.65 bits per heavy atom. The highest BCUT2D eigenvalue weighted by Gasteiger charge is 2.30. The first-order valence-electron chi connectivity index (χ1n) is 9.41. The summed E-state index contributed by atoms with van der Waals surface area (Å²) >= 11 is 2.70. The molecule has 9 heteroatoms. The van der Waals surface area contributed by atoms with Gasteiger partial charge < -0.3 is 5.32 Å². The highest BCUT2D eigenvalue weighted by atomic mass is 32.2. The largest absolute Gasteiger partial charge is 0.343 e. The lowest BCUT2D eigenvalue weighted by Crippen LogP contribution is -2.42.